The molecule has 25 heavy (non-hydrogen) atoms. The van der Waals surface area contributed by atoms with Gasteiger partial charge in [-0.25, -0.2) is 13.6 Å². The average molecular weight is 354 g/mol. The highest BCUT2D eigenvalue weighted by molar-refractivity contribution is 5.96. The van der Waals surface area contributed by atoms with Crippen molar-refractivity contribution in [2.75, 3.05) is 38.0 Å². The zero-order chi connectivity index (χ0) is 18.6. The quantitative estimate of drug-likeness (QED) is 0.779. The second kappa shape index (κ2) is 7.77. The van der Waals surface area contributed by atoms with Gasteiger partial charge in [-0.1, -0.05) is 20.8 Å². The minimum atomic E-state index is -1.25. The first-order chi connectivity index (χ1) is 11.7. The normalized spacial score (nSPS) is 15.0. The van der Waals surface area contributed by atoms with Crippen molar-refractivity contribution < 1.29 is 18.4 Å². The minimum absolute atomic E-state index is 0.138. The van der Waals surface area contributed by atoms with E-state index in [0.29, 0.717) is 32.7 Å². The Morgan fingerprint density at radius 1 is 1.16 bits per heavy atom. The molecule has 3 N–H and O–H groups in total. The maximum Gasteiger partial charge on any atom is 0.319 e. The van der Waals surface area contributed by atoms with Gasteiger partial charge in [-0.3, -0.25) is 4.79 Å². The van der Waals surface area contributed by atoms with E-state index in [-0.39, 0.29) is 16.7 Å². The third-order valence-corrected chi connectivity index (χ3v) is 3.74. The number of rotatable bonds is 3. The monoisotopic (exact) mass is 354 g/mol. The van der Waals surface area contributed by atoms with Crippen molar-refractivity contribution in [3.63, 3.8) is 0 Å². The molecule has 1 fully saturated rings. The van der Waals surface area contributed by atoms with E-state index >= 15 is 0 Å². The molecule has 0 aromatic heterocycles. The maximum atomic E-state index is 14.3. The summed E-state index contributed by atoms with van der Waals surface area (Å²) in [6.45, 7) is 8.29. The van der Waals surface area contributed by atoms with Crippen LogP contribution in [0.4, 0.5) is 19.3 Å². The maximum absolute atomic E-state index is 14.3. The number of halogens is 2. The lowest BCUT2D eigenvalue weighted by Gasteiger charge is -2.27. The van der Waals surface area contributed by atoms with Gasteiger partial charge in [-0.15, -0.1) is 0 Å². The van der Waals surface area contributed by atoms with Crippen molar-refractivity contribution in [1.29, 1.82) is 0 Å². The van der Waals surface area contributed by atoms with Crippen molar-refractivity contribution in [3.8, 4) is 0 Å². The first-order valence-corrected chi connectivity index (χ1v) is 8.22. The molecule has 1 aliphatic heterocycles. The molecule has 0 atom stereocenters. The van der Waals surface area contributed by atoms with Gasteiger partial charge in [0.1, 0.15) is 0 Å². The summed E-state index contributed by atoms with van der Waals surface area (Å²) < 4.78 is 28.5. The van der Waals surface area contributed by atoms with Gasteiger partial charge in [-0.2, -0.15) is 0 Å². The van der Waals surface area contributed by atoms with Gasteiger partial charge in [-0.05, 0) is 17.5 Å². The zero-order valence-electron chi connectivity index (χ0n) is 14.7. The lowest BCUT2D eigenvalue weighted by atomic mass is 9.97. The van der Waals surface area contributed by atoms with Crippen LogP contribution in [0.3, 0.4) is 0 Å². The molecule has 0 saturated carbocycles. The summed E-state index contributed by atoms with van der Waals surface area (Å²) in [6, 6.07) is 1.77. The Labute approximate surface area is 146 Å². The minimum Gasteiger partial charge on any atom is -0.337 e. The Hall–Kier alpha value is -2.22. The van der Waals surface area contributed by atoms with Crippen molar-refractivity contribution >= 4 is 17.6 Å². The summed E-state index contributed by atoms with van der Waals surface area (Å²) in [5, 5.41) is 7.94. The van der Waals surface area contributed by atoms with Crippen LogP contribution in [0, 0.1) is 17.0 Å². The van der Waals surface area contributed by atoms with Crippen molar-refractivity contribution in [2.24, 2.45) is 5.41 Å². The highest BCUT2D eigenvalue weighted by Crippen LogP contribution is 2.22. The fourth-order valence-electron chi connectivity index (χ4n) is 2.36. The zero-order valence-corrected chi connectivity index (χ0v) is 14.7. The molecule has 2 rings (SSSR count). The van der Waals surface area contributed by atoms with Crippen molar-refractivity contribution in [3.05, 3.63) is 29.3 Å². The van der Waals surface area contributed by atoms with E-state index in [1.165, 1.54) is 17.0 Å². The van der Waals surface area contributed by atoms with Crippen LogP contribution in [0.25, 0.3) is 0 Å². The number of amides is 3. The molecule has 1 aromatic carbocycles. The van der Waals surface area contributed by atoms with E-state index in [9.17, 15) is 18.4 Å². The highest BCUT2D eigenvalue weighted by Gasteiger charge is 2.24. The molecule has 138 valence electrons. The van der Waals surface area contributed by atoms with Crippen LogP contribution >= 0.6 is 0 Å². The summed E-state index contributed by atoms with van der Waals surface area (Å²) in [4.78, 5) is 25.6. The van der Waals surface area contributed by atoms with Crippen LogP contribution < -0.4 is 16.0 Å². The SMILES string of the molecule is CC(C)(C)CNC(=O)Nc1ccc(C(=O)N2CCNCC2)c(F)c1F. The van der Waals surface area contributed by atoms with Gasteiger partial charge in [0.25, 0.3) is 5.91 Å². The molecule has 1 aliphatic rings. The summed E-state index contributed by atoms with van der Waals surface area (Å²) in [5.74, 6) is -3.05. The van der Waals surface area contributed by atoms with Crippen LogP contribution in [0.5, 0.6) is 0 Å². The van der Waals surface area contributed by atoms with E-state index in [4.69, 9.17) is 0 Å². The molecule has 1 saturated heterocycles. The molecular formula is C17H24F2N4O2. The Balaban J connectivity index is 2.09. The van der Waals surface area contributed by atoms with Crippen molar-refractivity contribution in [2.45, 2.75) is 20.8 Å². The van der Waals surface area contributed by atoms with E-state index in [1.807, 2.05) is 20.8 Å². The molecule has 0 unspecified atom stereocenters. The van der Waals surface area contributed by atoms with Gasteiger partial charge in [0.2, 0.25) is 0 Å². The largest absolute Gasteiger partial charge is 0.337 e. The summed E-state index contributed by atoms with van der Waals surface area (Å²) >= 11 is 0. The van der Waals surface area contributed by atoms with E-state index in [1.54, 1.807) is 0 Å². The number of piperazine rings is 1. The predicted octanol–water partition coefficient (Wildman–Crippen LogP) is 2.18. The highest BCUT2D eigenvalue weighted by atomic mass is 19.2. The van der Waals surface area contributed by atoms with Crippen LogP contribution in [-0.4, -0.2) is 49.6 Å². The number of anilines is 1. The average Bonchev–Trinajstić information content (AvgIpc) is 2.57. The summed E-state index contributed by atoms with van der Waals surface area (Å²) in [6.07, 6.45) is 0. The Kier molecular flexibility index (Phi) is 5.94. The molecule has 0 radical (unpaired) electrons. The van der Waals surface area contributed by atoms with Crippen LogP contribution in [-0.2, 0) is 0 Å². The number of urea groups is 1. The number of nitrogens with zero attached hydrogens (tertiary/aromatic N) is 1. The van der Waals surface area contributed by atoms with Crippen LogP contribution in [0.15, 0.2) is 12.1 Å². The standard InChI is InChI=1S/C17H24F2N4O2/c1-17(2,3)10-21-16(25)22-12-5-4-11(13(18)14(12)19)15(24)23-8-6-20-7-9-23/h4-5,20H,6-10H2,1-3H3,(H2,21,22,25). The molecule has 0 aliphatic carbocycles. The number of nitrogens with one attached hydrogen (secondary N) is 3. The van der Waals surface area contributed by atoms with Gasteiger partial charge in [0, 0.05) is 32.7 Å². The predicted molar refractivity (Wildman–Crippen MR) is 91.6 cm³/mol. The Morgan fingerprint density at radius 2 is 1.80 bits per heavy atom. The molecule has 3 amide bonds. The third kappa shape index (κ3) is 5.12. The second-order valence-electron chi connectivity index (χ2n) is 7.20. The molecular weight excluding hydrogens is 330 g/mol. The summed E-state index contributed by atoms with van der Waals surface area (Å²) in [7, 11) is 0. The first kappa shape index (κ1) is 19.1. The van der Waals surface area contributed by atoms with Gasteiger partial charge >= 0.3 is 6.03 Å². The third-order valence-electron chi connectivity index (χ3n) is 3.74. The smallest absolute Gasteiger partial charge is 0.319 e. The fraction of sp³-hybridized carbons (Fsp3) is 0.529. The van der Waals surface area contributed by atoms with E-state index < -0.39 is 23.6 Å². The van der Waals surface area contributed by atoms with Crippen LogP contribution in [0.1, 0.15) is 31.1 Å². The van der Waals surface area contributed by atoms with Gasteiger partial charge in [0.15, 0.2) is 11.6 Å². The lowest BCUT2D eigenvalue weighted by Crippen LogP contribution is -2.46. The van der Waals surface area contributed by atoms with Gasteiger partial charge < -0.3 is 20.9 Å². The molecule has 8 heteroatoms. The second-order valence-corrected chi connectivity index (χ2v) is 7.20. The van der Waals surface area contributed by atoms with Crippen LogP contribution in [0.2, 0.25) is 0 Å². The first-order valence-electron chi connectivity index (χ1n) is 8.22. The van der Waals surface area contributed by atoms with Gasteiger partial charge in [0.05, 0.1) is 11.3 Å². The number of carbonyl (C=O) groups is 2. The molecule has 6 nitrogen and oxygen atoms in total. The molecule has 0 bridgehead atoms. The Bertz CT molecular complexity index is 653. The number of carbonyl (C=O) groups excluding carboxylic acids is 2. The van der Waals surface area contributed by atoms with E-state index in [0.717, 1.165) is 0 Å². The van der Waals surface area contributed by atoms with Crippen molar-refractivity contribution in [1.82, 2.24) is 15.5 Å². The summed E-state index contributed by atoms with van der Waals surface area (Å²) in [5.41, 5.74) is -0.776. The number of hydrogen-bond acceptors (Lipinski definition) is 3. The number of hydrogen-bond donors (Lipinski definition) is 3. The topological polar surface area (TPSA) is 73.5 Å². The number of benzene rings is 1. The Morgan fingerprint density at radius 3 is 2.40 bits per heavy atom. The fourth-order valence-corrected chi connectivity index (χ4v) is 2.36. The molecule has 1 aromatic rings. The molecule has 0 spiro atoms. The van der Waals surface area contributed by atoms with E-state index in [2.05, 4.69) is 16.0 Å². The lowest BCUT2D eigenvalue weighted by molar-refractivity contribution is 0.0730. The molecule has 1 heterocycles.